The Morgan fingerprint density at radius 3 is 2.00 bits per heavy atom. The molecule has 0 rings (SSSR count). The van der Waals surface area contributed by atoms with Crippen molar-refractivity contribution in [1.29, 1.82) is 0 Å². The second kappa shape index (κ2) is 3.67. The first-order valence-corrected chi connectivity index (χ1v) is 3.32. The zero-order valence-corrected chi connectivity index (χ0v) is 6.70. The summed E-state index contributed by atoms with van der Waals surface area (Å²) in [6.07, 6.45) is -0.0602. The summed E-state index contributed by atoms with van der Waals surface area (Å²) in [5, 5.41) is -0.615. The minimum atomic E-state index is -0.615. The predicted octanol–water partition coefficient (Wildman–Crippen LogP) is 2.37. The molecule has 0 aliphatic carbocycles. The normalized spacial score (nSPS) is 13.3. The fourth-order valence-corrected chi connectivity index (χ4v) is 0.440. The van der Waals surface area contributed by atoms with Crippen LogP contribution in [0.2, 0.25) is 0 Å². The smallest absolute Gasteiger partial charge is 0.400 e. The van der Waals surface area contributed by atoms with Gasteiger partial charge < -0.3 is 4.74 Å². The maximum absolute atomic E-state index is 10.2. The van der Waals surface area contributed by atoms with Gasteiger partial charge in [0.1, 0.15) is 6.10 Å². The molecule has 0 amide bonds. The van der Waals surface area contributed by atoms with E-state index in [0.717, 1.165) is 0 Å². The van der Waals surface area contributed by atoms with Gasteiger partial charge in [-0.2, -0.15) is 0 Å². The van der Waals surface area contributed by atoms with Crippen LogP contribution in [0.25, 0.3) is 0 Å². The van der Waals surface area contributed by atoms with E-state index in [0.29, 0.717) is 5.92 Å². The molecule has 0 spiro atoms. The van der Waals surface area contributed by atoms with E-state index < -0.39 is 5.30 Å². The van der Waals surface area contributed by atoms with Gasteiger partial charge in [-0.1, -0.05) is 13.8 Å². The van der Waals surface area contributed by atoms with Crippen molar-refractivity contribution in [3.63, 3.8) is 0 Å². The summed E-state index contributed by atoms with van der Waals surface area (Å²) in [7, 11) is 0. The van der Waals surface area contributed by atoms with Gasteiger partial charge in [-0.15, -0.1) is 0 Å². The van der Waals surface area contributed by atoms with Gasteiger partial charge in [-0.25, -0.2) is 4.79 Å². The van der Waals surface area contributed by atoms with Gasteiger partial charge in [0.25, 0.3) is 0 Å². The van der Waals surface area contributed by atoms with Crippen molar-refractivity contribution < 1.29 is 9.53 Å². The maximum atomic E-state index is 10.2. The molecule has 0 aromatic carbocycles. The van der Waals surface area contributed by atoms with E-state index in [1.165, 1.54) is 0 Å². The third kappa shape index (κ3) is 4.21. The summed E-state index contributed by atoms with van der Waals surface area (Å²) in [5.74, 6) is 0.344. The molecule has 0 saturated heterocycles. The van der Waals surface area contributed by atoms with Crippen LogP contribution in [0.4, 0.5) is 4.79 Å². The Balaban J connectivity index is 3.50. The Labute approximate surface area is 61.0 Å². The molecule has 0 N–H and O–H groups in total. The molecule has 9 heavy (non-hydrogen) atoms. The minimum absolute atomic E-state index is 0.0602. The highest BCUT2D eigenvalue weighted by Crippen LogP contribution is 2.06. The van der Waals surface area contributed by atoms with E-state index in [4.69, 9.17) is 0 Å². The molecular formula is C6H11O2S. The standard InChI is InChI=1S/C6H11O2S/c1-4(2)5(3)8-6(7)9/h4-5H,1-3H3. The van der Waals surface area contributed by atoms with Gasteiger partial charge >= 0.3 is 5.30 Å². The molecule has 0 bridgehead atoms. The lowest BCUT2D eigenvalue weighted by molar-refractivity contribution is 0.105. The van der Waals surface area contributed by atoms with Crippen LogP contribution < -0.4 is 0 Å². The summed E-state index contributed by atoms with van der Waals surface area (Å²) in [4.78, 5) is 10.2. The van der Waals surface area contributed by atoms with Gasteiger partial charge in [-0.3, -0.25) is 0 Å². The predicted molar refractivity (Wildman–Crippen MR) is 38.4 cm³/mol. The summed E-state index contributed by atoms with van der Waals surface area (Å²) >= 11 is 4.21. The Kier molecular flexibility index (Phi) is 3.54. The van der Waals surface area contributed by atoms with Crippen LogP contribution in [0.15, 0.2) is 0 Å². The average molecular weight is 147 g/mol. The van der Waals surface area contributed by atoms with E-state index in [1.807, 2.05) is 20.8 Å². The van der Waals surface area contributed by atoms with E-state index >= 15 is 0 Å². The van der Waals surface area contributed by atoms with Crippen LogP contribution in [0.5, 0.6) is 0 Å². The lowest BCUT2D eigenvalue weighted by atomic mass is 10.1. The van der Waals surface area contributed by atoms with Crippen LogP contribution in [-0.4, -0.2) is 11.4 Å². The summed E-state index contributed by atoms with van der Waals surface area (Å²) in [5.41, 5.74) is 0. The minimum Gasteiger partial charge on any atom is -0.451 e. The third-order valence-corrected chi connectivity index (χ3v) is 1.32. The molecule has 0 fully saturated rings. The van der Waals surface area contributed by atoms with Gasteiger partial charge in [0.2, 0.25) is 0 Å². The zero-order chi connectivity index (χ0) is 7.44. The van der Waals surface area contributed by atoms with Crippen LogP contribution in [0.1, 0.15) is 20.8 Å². The number of rotatable bonds is 2. The summed E-state index contributed by atoms with van der Waals surface area (Å²) in [6, 6.07) is 0. The van der Waals surface area contributed by atoms with Crippen molar-refractivity contribution in [2.75, 3.05) is 0 Å². The highest BCUT2D eigenvalue weighted by atomic mass is 32.1. The number of hydrogen-bond acceptors (Lipinski definition) is 2. The van der Waals surface area contributed by atoms with E-state index in [9.17, 15) is 4.79 Å². The average Bonchev–Trinajstić information content (AvgIpc) is 1.63. The molecule has 0 aromatic heterocycles. The molecule has 0 heterocycles. The monoisotopic (exact) mass is 147 g/mol. The molecule has 1 radical (unpaired) electrons. The third-order valence-electron chi connectivity index (χ3n) is 1.22. The Morgan fingerprint density at radius 1 is 1.44 bits per heavy atom. The second-order valence-corrected chi connectivity index (χ2v) is 2.65. The van der Waals surface area contributed by atoms with Crippen LogP contribution >= 0.6 is 12.6 Å². The largest absolute Gasteiger partial charge is 0.451 e. The fourth-order valence-electron chi connectivity index (χ4n) is 0.288. The quantitative estimate of drug-likeness (QED) is 0.560. The summed E-state index contributed by atoms with van der Waals surface area (Å²) in [6.45, 7) is 5.78. The van der Waals surface area contributed by atoms with E-state index in [2.05, 4.69) is 17.4 Å². The molecule has 2 nitrogen and oxygen atoms in total. The van der Waals surface area contributed by atoms with Crippen LogP contribution in [0, 0.1) is 5.92 Å². The lowest BCUT2D eigenvalue weighted by Crippen LogP contribution is -2.16. The van der Waals surface area contributed by atoms with Crippen molar-refractivity contribution in [1.82, 2.24) is 0 Å². The molecule has 1 atom stereocenters. The highest BCUT2D eigenvalue weighted by molar-refractivity contribution is 7.96. The van der Waals surface area contributed by atoms with Gasteiger partial charge in [0.15, 0.2) is 0 Å². The van der Waals surface area contributed by atoms with Crippen LogP contribution in [0.3, 0.4) is 0 Å². The van der Waals surface area contributed by atoms with Crippen molar-refractivity contribution in [2.45, 2.75) is 26.9 Å². The number of hydrogen-bond donors (Lipinski definition) is 0. The van der Waals surface area contributed by atoms with Crippen LogP contribution in [-0.2, 0) is 4.74 Å². The van der Waals surface area contributed by atoms with Crippen molar-refractivity contribution in [3.8, 4) is 0 Å². The van der Waals surface area contributed by atoms with Crippen molar-refractivity contribution in [2.24, 2.45) is 5.92 Å². The molecule has 0 saturated carbocycles. The molecule has 1 unspecified atom stereocenters. The van der Waals surface area contributed by atoms with E-state index in [1.54, 1.807) is 0 Å². The van der Waals surface area contributed by atoms with Gasteiger partial charge in [0, 0.05) is 12.6 Å². The Hall–Kier alpha value is -0.310. The topological polar surface area (TPSA) is 26.3 Å². The van der Waals surface area contributed by atoms with Crippen molar-refractivity contribution >= 4 is 17.9 Å². The number of carbonyl (C=O) groups is 1. The molecular weight excluding hydrogens is 136 g/mol. The van der Waals surface area contributed by atoms with Crippen molar-refractivity contribution in [3.05, 3.63) is 0 Å². The Bertz CT molecular complexity index is 101. The first-order valence-electron chi connectivity index (χ1n) is 2.91. The first-order chi connectivity index (χ1) is 4.04. The molecule has 0 aliphatic rings. The molecule has 0 aliphatic heterocycles. The number of carbonyl (C=O) groups excluding carboxylic acids is 1. The van der Waals surface area contributed by atoms with Gasteiger partial charge in [-0.05, 0) is 12.8 Å². The first kappa shape index (κ1) is 8.69. The molecule has 3 heteroatoms. The van der Waals surface area contributed by atoms with Gasteiger partial charge in [0.05, 0.1) is 0 Å². The lowest BCUT2D eigenvalue weighted by Gasteiger charge is -2.13. The summed E-state index contributed by atoms with van der Waals surface area (Å²) < 4.78 is 4.69. The SMILES string of the molecule is CC(C)C(C)OC(=O)[S]. The van der Waals surface area contributed by atoms with E-state index in [-0.39, 0.29) is 6.10 Å². The molecule has 53 valence electrons. The zero-order valence-electron chi connectivity index (χ0n) is 5.88. The highest BCUT2D eigenvalue weighted by Gasteiger charge is 2.09. The maximum Gasteiger partial charge on any atom is 0.400 e. The molecule has 0 aromatic rings. The fraction of sp³-hybridized carbons (Fsp3) is 0.833. The number of ether oxygens (including phenoxy) is 1. The second-order valence-electron chi connectivity index (χ2n) is 2.32. The Morgan fingerprint density at radius 2 is 1.89 bits per heavy atom.